The average molecular weight is 496 g/mol. The number of anilines is 6. The second-order valence-electron chi connectivity index (χ2n) is 11.1. The molecule has 0 aliphatic carbocycles. The Kier molecular flexibility index (Phi) is 4.77. The predicted molar refractivity (Wildman–Crippen MR) is 153 cm³/mol. The summed E-state index contributed by atoms with van der Waals surface area (Å²) in [7, 11) is 0. The van der Waals surface area contributed by atoms with Crippen molar-refractivity contribution in [1.29, 1.82) is 0 Å². The Morgan fingerprint density at radius 3 is 2.03 bits per heavy atom. The highest BCUT2D eigenvalue weighted by molar-refractivity contribution is 5.93. The zero-order chi connectivity index (χ0) is 26.1. The molecule has 0 atom stereocenters. The van der Waals surface area contributed by atoms with E-state index in [4.69, 9.17) is 0 Å². The van der Waals surface area contributed by atoms with Crippen molar-refractivity contribution in [3.63, 3.8) is 0 Å². The molecule has 0 saturated heterocycles. The lowest BCUT2D eigenvalue weighted by atomic mass is 9.66. The molecule has 7 rings (SSSR count). The van der Waals surface area contributed by atoms with E-state index in [0.29, 0.717) is 0 Å². The van der Waals surface area contributed by atoms with Crippen molar-refractivity contribution >= 4 is 34.4 Å². The summed E-state index contributed by atoms with van der Waals surface area (Å²) < 4.78 is 0. The van der Waals surface area contributed by atoms with Crippen molar-refractivity contribution < 1.29 is 0 Å². The van der Waals surface area contributed by atoms with E-state index in [1.54, 1.807) is 18.6 Å². The van der Waals surface area contributed by atoms with Gasteiger partial charge in [-0.25, -0.2) is 9.97 Å². The number of aromatic nitrogens is 3. The molecule has 38 heavy (non-hydrogen) atoms. The maximum Gasteiger partial charge on any atom is 0.157 e. The van der Waals surface area contributed by atoms with Gasteiger partial charge in [-0.2, -0.15) is 0 Å². The molecule has 4 heterocycles. The minimum Gasteiger partial charge on any atom is -0.309 e. The van der Waals surface area contributed by atoms with Gasteiger partial charge in [0.05, 0.1) is 23.3 Å². The van der Waals surface area contributed by atoms with Crippen LogP contribution < -0.4 is 9.80 Å². The number of hydrogen-bond donors (Lipinski definition) is 0. The van der Waals surface area contributed by atoms with Gasteiger partial charge < -0.3 is 4.90 Å². The highest BCUT2D eigenvalue weighted by Gasteiger charge is 2.45. The minimum absolute atomic E-state index is 0.0896. The molecule has 2 aromatic heterocycles. The van der Waals surface area contributed by atoms with Crippen LogP contribution in [0.1, 0.15) is 49.9 Å². The predicted octanol–water partition coefficient (Wildman–Crippen LogP) is 8.09. The Labute approximate surface area is 223 Å². The molecule has 0 fully saturated rings. The van der Waals surface area contributed by atoms with Gasteiger partial charge in [-0.1, -0.05) is 70.2 Å². The largest absolute Gasteiger partial charge is 0.309 e. The van der Waals surface area contributed by atoms with Gasteiger partial charge in [0.15, 0.2) is 5.82 Å². The quantitative estimate of drug-likeness (QED) is 0.253. The number of fused-ring (bicyclic) bond motifs is 4. The van der Waals surface area contributed by atoms with Crippen LogP contribution in [0.25, 0.3) is 0 Å². The van der Waals surface area contributed by atoms with E-state index in [9.17, 15) is 0 Å². The Morgan fingerprint density at radius 1 is 0.605 bits per heavy atom. The van der Waals surface area contributed by atoms with E-state index in [1.165, 1.54) is 39.3 Å². The van der Waals surface area contributed by atoms with Gasteiger partial charge in [-0.15, -0.1) is 0 Å². The Balaban J connectivity index is 1.49. The SMILES string of the molecule is CC1(C)c2ccccc2N2c3ccc(N(c4ccccn4)c4cnccn4)cc3C(C)(C)c3cccc1c32. The zero-order valence-electron chi connectivity index (χ0n) is 22.1. The fourth-order valence-electron chi connectivity index (χ4n) is 6.28. The summed E-state index contributed by atoms with van der Waals surface area (Å²) >= 11 is 0. The van der Waals surface area contributed by atoms with Crippen molar-refractivity contribution in [3.05, 3.63) is 126 Å². The van der Waals surface area contributed by atoms with Gasteiger partial charge in [0.1, 0.15) is 5.82 Å². The number of rotatable bonds is 3. The number of nitrogens with zero attached hydrogens (tertiary/aromatic N) is 5. The van der Waals surface area contributed by atoms with Crippen LogP contribution in [0, 0.1) is 0 Å². The van der Waals surface area contributed by atoms with Crippen LogP contribution >= 0.6 is 0 Å². The molecule has 2 aliphatic heterocycles. The molecule has 5 nitrogen and oxygen atoms in total. The minimum atomic E-state index is -0.215. The summed E-state index contributed by atoms with van der Waals surface area (Å²) in [4.78, 5) is 18.2. The number of para-hydroxylation sites is 2. The molecule has 0 saturated carbocycles. The highest BCUT2D eigenvalue weighted by Crippen LogP contribution is 2.60. The summed E-state index contributed by atoms with van der Waals surface area (Å²) in [6.07, 6.45) is 7.01. The zero-order valence-corrected chi connectivity index (χ0v) is 22.1. The maximum absolute atomic E-state index is 4.66. The van der Waals surface area contributed by atoms with Crippen LogP contribution in [0.3, 0.4) is 0 Å². The molecule has 0 amide bonds. The molecule has 3 aromatic carbocycles. The number of hydrogen-bond acceptors (Lipinski definition) is 5. The first-order valence-electron chi connectivity index (χ1n) is 13.0. The van der Waals surface area contributed by atoms with Crippen LogP contribution in [0.15, 0.2) is 104 Å². The summed E-state index contributed by atoms with van der Waals surface area (Å²) in [6, 6.07) is 28.3. The van der Waals surface area contributed by atoms with E-state index in [1.807, 2.05) is 24.4 Å². The van der Waals surface area contributed by atoms with Crippen LogP contribution in [-0.2, 0) is 10.8 Å². The molecule has 0 spiro atoms. The first-order chi connectivity index (χ1) is 18.4. The normalized spacial score (nSPS) is 15.7. The third-order valence-corrected chi connectivity index (χ3v) is 8.23. The fourth-order valence-corrected chi connectivity index (χ4v) is 6.28. The lowest BCUT2D eigenvalue weighted by Crippen LogP contribution is -2.38. The number of pyridine rings is 1. The number of benzene rings is 3. The van der Waals surface area contributed by atoms with Crippen LogP contribution in [0.4, 0.5) is 34.4 Å². The first-order valence-corrected chi connectivity index (χ1v) is 13.0. The summed E-state index contributed by atoms with van der Waals surface area (Å²) in [5.74, 6) is 1.53. The Bertz CT molecular complexity index is 1640. The third kappa shape index (κ3) is 3.08. The van der Waals surface area contributed by atoms with Crippen molar-refractivity contribution in [3.8, 4) is 0 Å². The smallest absolute Gasteiger partial charge is 0.157 e. The van der Waals surface area contributed by atoms with Gasteiger partial charge in [0, 0.05) is 35.1 Å². The molecule has 0 radical (unpaired) electrons. The fraction of sp³-hybridized carbons (Fsp3) is 0.182. The van der Waals surface area contributed by atoms with Crippen LogP contribution in [0.5, 0.6) is 0 Å². The summed E-state index contributed by atoms with van der Waals surface area (Å²) in [6.45, 7) is 9.36. The van der Waals surface area contributed by atoms with Gasteiger partial charge in [-0.3, -0.25) is 9.88 Å². The molecule has 2 aliphatic rings. The third-order valence-electron chi connectivity index (χ3n) is 8.23. The topological polar surface area (TPSA) is 45.2 Å². The van der Waals surface area contributed by atoms with E-state index in [-0.39, 0.29) is 10.8 Å². The van der Waals surface area contributed by atoms with Gasteiger partial charge in [-0.05, 0) is 58.7 Å². The molecule has 5 heteroatoms. The van der Waals surface area contributed by atoms with Crippen LogP contribution in [0.2, 0.25) is 0 Å². The van der Waals surface area contributed by atoms with Crippen molar-refractivity contribution in [2.45, 2.75) is 38.5 Å². The average Bonchev–Trinajstić information content (AvgIpc) is 2.94. The van der Waals surface area contributed by atoms with Crippen molar-refractivity contribution in [2.75, 3.05) is 9.80 Å². The lowest BCUT2D eigenvalue weighted by molar-refractivity contribution is 0.597. The van der Waals surface area contributed by atoms with E-state index >= 15 is 0 Å². The van der Waals surface area contributed by atoms with Gasteiger partial charge >= 0.3 is 0 Å². The second kappa shape index (κ2) is 7.99. The standard InChI is InChI=1S/C33H29N5/c1-32(2)23-10-5-6-13-27(23)38-28-16-15-22(20-26(28)33(3,4)25-12-9-11-24(32)31(25)38)37(29-14-7-8-17-35-29)30-21-34-18-19-36-30/h5-21H,1-4H3. The van der Waals surface area contributed by atoms with E-state index in [0.717, 1.165) is 17.3 Å². The van der Waals surface area contributed by atoms with E-state index < -0.39 is 0 Å². The maximum atomic E-state index is 4.66. The molecule has 0 bridgehead atoms. The monoisotopic (exact) mass is 495 g/mol. The molecule has 0 N–H and O–H groups in total. The van der Waals surface area contributed by atoms with E-state index in [2.05, 4.69) is 113 Å². The lowest BCUT2D eigenvalue weighted by Gasteiger charge is -2.49. The van der Waals surface area contributed by atoms with Gasteiger partial charge in [0.25, 0.3) is 0 Å². The Hall–Kier alpha value is -4.51. The van der Waals surface area contributed by atoms with Gasteiger partial charge in [0.2, 0.25) is 0 Å². The Morgan fingerprint density at radius 2 is 1.29 bits per heavy atom. The second-order valence-corrected chi connectivity index (χ2v) is 11.1. The molecule has 5 aromatic rings. The van der Waals surface area contributed by atoms with Crippen molar-refractivity contribution in [1.82, 2.24) is 15.0 Å². The molecular formula is C33H29N5. The van der Waals surface area contributed by atoms with Crippen molar-refractivity contribution in [2.24, 2.45) is 0 Å². The first kappa shape index (κ1) is 22.7. The summed E-state index contributed by atoms with van der Waals surface area (Å²) in [5.41, 5.74) is 9.78. The molecular weight excluding hydrogens is 466 g/mol. The molecule has 186 valence electrons. The molecule has 0 unspecified atom stereocenters. The highest BCUT2D eigenvalue weighted by atomic mass is 15.2. The van der Waals surface area contributed by atoms with Crippen LogP contribution in [-0.4, -0.2) is 15.0 Å². The summed E-state index contributed by atoms with van der Waals surface area (Å²) in [5, 5.41) is 0.